The van der Waals surface area contributed by atoms with Gasteiger partial charge in [-0.25, -0.2) is 4.39 Å². The molecular weight excluding hydrogens is 117 g/mol. The van der Waals surface area contributed by atoms with Crippen molar-refractivity contribution >= 4 is 0 Å². The minimum absolute atomic E-state index is 0.171. The molecule has 0 bridgehead atoms. The third-order valence-electron chi connectivity index (χ3n) is 1.65. The fourth-order valence-electron chi connectivity index (χ4n) is 1.11. The van der Waals surface area contributed by atoms with Crippen LogP contribution >= 0.6 is 0 Å². The second kappa shape index (κ2) is 2.36. The molecular formula is C7H10FN. The first-order chi connectivity index (χ1) is 4.24. The van der Waals surface area contributed by atoms with Crippen LogP contribution in [0, 0.1) is 18.3 Å². The van der Waals surface area contributed by atoms with Gasteiger partial charge >= 0.3 is 0 Å². The van der Waals surface area contributed by atoms with Crippen LogP contribution in [0.4, 0.5) is 4.39 Å². The van der Waals surface area contributed by atoms with Crippen molar-refractivity contribution in [3.8, 4) is 12.3 Å². The van der Waals surface area contributed by atoms with Crippen LogP contribution < -0.4 is 0 Å². The molecule has 0 unspecified atom stereocenters. The van der Waals surface area contributed by atoms with Crippen LogP contribution in [0.3, 0.4) is 0 Å². The molecule has 0 aliphatic carbocycles. The van der Waals surface area contributed by atoms with Crippen LogP contribution in [0.1, 0.15) is 0 Å². The topological polar surface area (TPSA) is 3.24 Å². The van der Waals surface area contributed by atoms with Gasteiger partial charge < -0.3 is 4.90 Å². The van der Waals surface area contributed by atoms with E-state index in [1.807, 2.05) is 11.9 Å². The molecule has 2 heteroatoms. The average molecular weight is 127 g/mol. The first-order valence-electron chi connectivity index (χ1n) is 3.03. The van der Waals surface area contributed by atoms with Crippen LogP contribution in [-0.4, -0.2) is 31.2 Å². The van der Waals surface area contributed by atoms with Gasteiger partial charge in [0.15, 0.2) is 0 Å². The van der Waals surface area contributed by atoms with E-state index in [0.29, 0.717) is 13.1 Å². The number of hydrogen-bond donors (Lipinski definition) is 0. The quantitative estimate of drug-likeness (QED) is 0.429. The normalized spacial score (nSPS) is 36.6. The molecule has 1 rings (SSSR count). The first-order valence-corrected chi connectivity index (χ1v) is 3.03. The van der Waals surface area contributed by atoms with Crippen molar-refractivity contribution in [2.45, 2.75) is 6.17 Å². The highest BCUT2D eigenvalue weighted by molar-refractivity contribution is 5.02. The molecule has 0 amide bonds. The summed E-state index contributed by atoms with van der Waals surface area (Å²) in [6.07, 6.45) is 4.26. The molecule has 0 saturated carbocycles. The lowest BCUT2D eigenvalue weighted by Crippen LogP contribution is -2.13. The maximum Gasteiger partial charge on any atom is 0.128 e. The number of rotatable bonds is 0. The largest absolute Gasteiger partial charge is 0.302 e. The average Bonchev–Trinajstić information content (AvgIpc) is 2.10. The van der Waals surface area contributed by atoms with Crippen molar-refractivity contribution < 1.29 is 4.39 Å². The van der Waals surface area contributed by atoms with E-state index < -0.39 is 6.17 Å². The Morgan fingerprint density at radius 2 is 2.33 bits per heavy atom. The first kappa shape index (κ1) is 6.57. The summed E-state index contributed by atoms with van der Waals surface area (Å²) in [6, 6.07) is 0. The fraction of sp³-hybridized carbons (Fsp3) is 0.714. The van der Waals surface area contributed by atoms with Crippen molar-refractivity contribution in [3.05, 3.63) is 0 Å². The van der Waals surface area contributed by atoms with Gasteiger partial charge in [0.2, 0.25) is 0 Å². The zero-order valence-electron chi connectivity index (χ0n) is 5.47. The predicted octanol–water partition coefficient (Wildman–Crippen LogP) is 0.519. The van der Waals surface area contributed by atoms with E-state index in [1.165, 1.54) is 0 Å². The highest BCUT2D eigenvalue weighted by atomic mass is 19.1. The molecule has 1 nitrogen and oxygen atoms in total. The molecule has 0 radical (unpaired) electrons. The monoisotopic (exact) mass is 127 g/mol. The molecule has 0 aromatic heterocycles. The summed E-state index contributed by atoms with van der Waals surface area (Å²) < 4.78 is 12.7. The number of hydrogen-bond acceptors (Lipinski definition) is 1. The number of terminal acetylenes is 1. The number of halogens is 1. The van der Waals surface area contributed by atoms with Crippen molar-refractivity contribution in [2.24, 2.45) is 5.92 Å². The second-order valence-electron chi connectivity index (χ2n) is 2.51. The highest BCUT2D eigenvalue weighted by Crippen LogP contribution is 2.16. The molecule has 0 N–H and O–H groups in total. The molecule has 1 saturated heterocycles. The molecule has 9 heavy (non-hydrogen) atoms. The molecule has 1 heterocycles. The summed E-state index contributed by atoms with van der Waals surface area (Å²) in [4.78, 5) is 1.91. The minimum atomic E-state index is -0.806. The Morgan fingerprint density at radius 3 is 2.56 bits per heavy atom. The van der Waals surface area contributed by atoms with E-state index in [-0.39, 0.29) is 5.92 Å². The Bertz CT molecular complexity index is 138. The predicted molar refractivity (Wildman–Crippen MR) is 34.7 cm³/mol. The maximum atomic E-state index is 12.7. The van der Waals surface area contributed by atoms with Crippen molar-refractivity contribution in [1.29, 1.82) is 0 Å². The second-order valence-corrected chi connectivity index (χ2v) is 2.51. The van der Waals surface area contributed by atoms with Crippen LogP contribution in [0.25, 0.3) is 0 Å². The summed E-state index contributed by atoms with van der Waals surface area (Å²) in [7, 11) is 1.88. The van der Waals surface area contributed by atoms with Gasteiger partial charge in [-0.1, -0.05) is 5.92 Å². The summed E-state index contributed by atoms with van der Waals surface area (Å²) in [6.45, 7) is 1.20. The molecule has 0 aromatic rings. The van der Waals surface area contributed by atoms with Crippen LogP contribution in [0.5, 0.6) is 0 Å². The zero-order valence-corrected chi connectivity index (χ0v) is 5.47. The van der Waals surface area contributed by atoms with Gasteiger partial charge in [0, 0.05) is 13.1 Å². The number of likely N-dealkylation sites (tertiary alicyclic amines) is 1. The van der Waals surface area contributed by atoms with Crippen LogP contribution in [-0.2, 0) is 0 Å². The lowest BCUT2D eigenvalue weighted by molar-refractivity contribution is 0.305. The zero-order chi connectivity index (χ0) is 6.85. The minimum Gasteiger partial charge on any atom is -0.302 e. The Labute approximate surface area is 54.8 Å². The highest BCUT2D eigenvalue weighted by Gasteiger charge is 2.28. The van der Waals surface area contributed by atoms with E-state index >= 15 is 0 Å². The molecule has 0 spiro atoms. The Morgan fingerprint density at radius 1 is 1.67 bits per heavy atom. The Hall–Kier alpha value is -0.550. The standard InChI is InChI=1S/C7H10FN/c1-3-6-4-9(2)5-7(6)8/h1,6-7H,4-5H2,2H3/t6-,7+/m0/s1. The lowest BCUT2D eigenvalue weighted by Gasteiger charge is -2.02. The number of nitrogens with zero attached hydrogens (tertiary/aromatic N) is 1. The molecule has 1 aliphatic rings. The maximum absolute atomic E-state index is 12.7. The van der Waals surface area contributed by atoms with Crippen molar-refractivity contribution in [1.82, 2.24) is 4.90 Å². The van der Waals surface area contributed by atoms with Gasteiger partial charge in [0.05, 0.1) is 5.92 Å². The lowest BCUT2D eigenvalue weighted by atomic mass is 10.1. The SMILES string of the molecule is C#C[C@H]1CN(C)C[C@H]1F. The molecule has 50 valence electrons. The smallest absolute Gasteiger partial charge is 0.128 e. The molecule has 2 atom stereocenters. The summed E-state index contributed by atoms with van der Waals surface area (Å²) in [5, 5.41) is 0. The third-order valence-corrected chi connectivity index (χ3v) is 1.65. The molecule has 0 aromatic carbocycles. The molecule has 1 fully saturated rings. The summed E-state index contributed by atoms with van der Waals surface area (Å²) in [5.74, 6) is 2.26. The van der Waals surface area contributed by atoms with Crippen LogP contribution in [0.2, 0.25) is 0 Å². The van der Waals surface area contributed by atoms with E-state index in [1.54, 1.807) is 0 Å². The third kappa shape index (κ3) is 1.22. The van der Waals surface area contributed by atoms with E-state index in [9.17, 15) is 4.39 Å². The Kier molecular flexibility index (Phi) is 1.73. The van der Waals surface area contributed by atoms with Gasteiger partial charge in [-0.15, -0.1) is 6.42 Å². The van der Waals surface area contributed by atoms with Crippen LogP contribution in [0.15, 0.2) is 0 Å². The Balaban J connectivity index is 2.50. The van der Waals surface area contributed by atoms with E-state index in [2.05, 4.69) is 5.92 Å². The van der Waals surface area contributed by atoms with Gasteiger partial charge in [0.25, 0.3) is 0 Å². The van der Waals surface area contributed by atoms with Gasteiger partial charge in [0.1, 0.15) is 6.17 Å². The summed E-state index contributed by atoms with van der Waals surface area (Å²) >= 11 is 0. The van der Waals surface area contributed by atoms with Crippen molar-refractivity contribution in [3.63, 3.8) is 0 Å². The van der Waals surface area contributed by atoms with Gasteiger partial charge in [-0.2, -0.15) is 0 Å². The fourth-order valence-corrected chi connectivity index (χ4v) is 1.11. The van der Waals surface area contributed by atoms with Crippen molar-refractivity contribution in [2.75, 3.05) is 20.1 Å². The molecule has 1 aliphatic heterocycles. The van der Waals surface area contributed by atoms with E-state index in [4.69, 9.17) is 6.42 Å². The van der Waals surface area contributed by atoms with E-state index in [0.717, 1.165) is 0 Å². The number of alkyl halides is 1. The summed E-state index contributed by atoms with van der Waals surface area (Å²) in [5.41, 5.74) is 0. The van der Waals surface area contributed by atoms with Gasteiger partial charge in [-0.05, 0) is 7.05 Å². The van der Waals surface area contributed by atoms with Gasteiger partial charge in [-0.3, -0.25) is 0 Å².